The Labute approximate surface area is 86.1 Å². The van der Waals surface area contributed by atoms with Gasteiger partial charge in [-0.05, 0) is 30.5 Å². The van der Waals surface area contributed by atoms with Gasteiger partial charge in [0.05, 0.1) is 6.61 Å². The summed E-state index contributed by atoms with van der Waals surface area (Å²) < 4.78 is 5.65. The highest BCUT2D eigenvalue weighted by Gasteiger charge is 2.08. The number of hydrogen-bond donors (Lipinski definition) is 1. The molecular formula is C12H19NO. The number of hydrogen-bond acceptors (Lipinski definition) is 2. The van der Waals surface area contributed by atoms with Crippen LogP contribution in [0.2, 0.25) is 0 Å². The molecule has 1 aromatic carbocycles. The Bertz CT molecular complexity index is 273. The van der Waals surface area contributed by atoms with Gasteiger partial charge in [0.1, 0.15) is 5.75 Å². The molecule has 2 heteroatoms. The third-order valence-electron chi connectivity index (χ3n) is 2.27. The maximum atomic E-state index is 5.65. The van der Waals surface area contributed by atoms with Crippen LogP contribution in [-0.2, 0) is 0 Å². The van der Waals surface area contributed by atoms with Gasteiger partial charge in [-0.15, -0.1) is 0 Å². The molecule has 14 heavy (non-hydrogen) atoms. The fourth-order valence-electron chi connectivity index (χ4n) is 1.36. The fourth-order valence-corrected chi connectivity index (χ4v) is 1.36. The standard InChI is InChI=1S/C12H19NO/c1-3-8-14-12-7-5-4-6-11(12)10(2)9-13/h4-7,10H,3,8-9,13H2,1-2H3. The molecule has 0 radical (unpaired) electrons. The van der Waals surface area contributed by atoms with Gasteiger partial charge in [-0.2, -0.15) is 0 Å². The molecule has 1 atom stereocenters. The van der Waals surface area contributed by atoms with Gasteiger partial charge in [-0.1, -0.05) is 32.0 Å². The molecule has 0 aliphatic carbocycles. The van der Waals surface area contributed by atoms with Gasteiger partial charge >= 0.3 is 0 Å². The van der Waals surface area contributed by atoms with Gasteiger partial charge in [0, 0.05) is 0 Å². The minimum Gasteiger partial charge on any atom is -0.493 e. The molecule has 78 valence electrons. The Kier molecular flexibility index (Phi) is 4.47. The van der Waals surface area contributed by atoms with E-state index in [1.54, 1.807) is 0 Å². The third-order valence-corrected chi connectivity index (χ3v) is 2.27. The van der Waals surface area contributed by atoms with Gasteiger partial charge in [-0.3, -0.25) is 0 Å². The molecule has 1 rings (SSSR count). The average molecular weight is 193 g/mol. The van der Waals surface area contributed by atoms with Gasteiger partial charge in [-0.25, -0.2) is 0 Å². The molecule has 0 aliphatic heterocycles. The molecule has 1 aromatic rings. The normalized spacial score (nSPS) is 12.5. The predicted octanol–water partition coefficient (Wildman–Crippen LogP) is 2.54. The van der Waals surface area contributed by atoms with E-state index in [0.717, 1.165) is 18.8 Å². The van der Waals surface area contributed by atoms with Crippen molar-refractivity contribution >= 4 is 0 Å². The van der Waals surface area contributed by atoms with E-state index in [4.69, 9.17) is 10.5 Å². The SMILES string of the molecule is CCCOc1ccccc1C(C)CN. The molecule has 0 bridgehead atoms. The summed E-state index contributed by atoms with van der Waals surface area (Å²) in [5.74, 6) is 1.34. The van der Waals surface area contributed by atoms with Gasteiger partial charge in [0.2, 0.25) is 0 Å². The molecule has 0 heterocycles. The third kappa shape index (κ3) is 2.74. The van der Waals surface area contributed by atoms with E-state index in [0.29, 0.717) is 12.5 Å². The average Bonchev–Trinajstić information content (AvgIpc) is 2.25. The highest BCUT2D eigenvalue weighted by atomic mass is 16.5. The molecule has 0 aliphatic rings. The molecule has 0 saturated heterocycles. The second kappa shape index (κ2) is 5.66. The van der Waals surface area contributed by atoms with E-state index in [1.165, 1.54) is 5.56 Å². The van der Waals surface area contributed by atoms with Gasteiger partial charge in [0.25, 0.3) is 0 Å². The van der Waals surface area contributed by atoms with Crippen LogP contribution in [0.3, 0.4) is 0 Å². The molecule has 0 saturated carbocycles. The van der Waals surface area contributed by atoms with Crippen LogP contribution in [-0.4, -0.2) is 13.2 Å². The van der Waals surface area contributed by atoms with Crippen molar-refractivity contribution in [1.82, 2.24) is 0 Å². The number of ether oxygens (including phenoxy) is 1. The van der Waals surface area contributed by atoms with Crippen LogP contribution in [0, 0.1) is 0 Å². The Morgan fingerprint density at radius 3 is 2.71 bits per heavy atom. The molecule has 0 fully saturated rings. The molecule has 2 N–H and O–H groups in total. The number of nitrogens with two attached hydrogens (primary N) is 1. The second-order valence-corrected chi connectivity index (χ2v) is 3.52. The topological polar surface area (TPSA) is 35.2 Å². The summed E-state index contributed by atoms with van der Waals surface area (Å²) in [7, 11) is 0. The maximum absolute atomic E-state index is 5.65. The summed E-state index contributed by atoms with van der Waals surface area (Å²) in [4.78, 5) is 0. The zero-order chi connectivity index (χ0) is 10.4. The first-order valence-corrected chi connectivity index (χ1v) is 5.21. The molecule has 0 amide bonds. The largest absolute Gasteiger partial charge is 0.493 e. The summed E-state index contributed by atoms with van der Waals surface area (Å²) in [5.41, 5.74) is 6.86. The lowest BCUT2D eigenvalue weighted by molar-refractivity contribution is 0.312. The van der Waals surface area contributed by atoms with E-state index in [1.807, 2.05) is 18.2 Å². The van der Waals surface area contributed by atoms with E-state index < -0.39 is 0 Å². The summed E-state index contributed by atoms with van der Waals surface area (Å²) in [6.07, 6.45) is 1.03. The van der Waals surface area contributed by atoms with Crippen molar-refractivity contribution in [2.24, 2.45) is 5.73 Å². The van der Waals surface area contributed by atoms with Crippen molar-refractivity contribution in [3.8, 4) is 5.75 Å². The number of rotatable bonds is 5. The highest BCUT2D eigenvalue weighted by molar-refractivity contribution is 5.36. The molecule has 1 unspecified atom stereocenters. The lowest BCUT2D eigenvalue weighted by Crippen LogP contribution is -2.10. The number of para-hydroxylation sites is 1. The number of benzene rings is 1. The maximum Gasteiger partial charge on any atom is 0.122 e. The zero-order valence-electron chi connectivity index (χ0n) is 8.99. The van der Waals surface area contributed by atoms with Crippen LogP contribution in [0.1, 0.15) is 31.7 Å². The first kappa shape index (κ1) is 11.1. The van der Waals surface area contributed by atoms with E-state index in [2.05, 4.69) is 19.9 Å². The quantitative estimate of drug-likeness (QED) is 0.780. The first-order valence-electron chi connectivity index (χ1n) is 5.21. The van der Waals surface area contributed by atoms with Crippen molar-refractivity contribution < 1.29 is 4.74 Å². The van der Waals surface area contributed by atoms with Crippen molar-refractivity contribution in [3.05, 3.63) is 29.8 Å². The second-order valence-electron chi connectivity index (χ2n) is 3.52. The fraction of sp³-hybridized carbons (Fsp3) is 0.500. The van der Waals surface area contributed by atoms with Gasteiger partial charge < -0.3 is 10.5 Å². The van der Waals surface area contributed by atoms with Crippen molar-refractivity contribution in [2.45, 2.75) is 26.2 Å². The Balaban J connectivity index is 2.79. The summed E-state index contributed by atoms with van der Waals surface area (Å²) in [5, 5.41) is 0. The van der Waals surface area contributed by atoms with Crippen LogP contribution in [0.15, 0.2) is 24.3 Å². The Morgan fingerprint density at radius 1 is 1.36 bits per heavy atom. The minimum atomic E-state index is 0.364. The molecular weight excluding hydrogens is 174 g/mol. The van der Waals surface area contributed by atoms with Gasteiger partial charge in [0.15, 0.2) is 0 Å². The van der Waals surface area contributed by atoms with Crippen LogP contribution < -0.4 is 10.5 Å². The smallest absolute Gasteiger partial charge is 0.122 e. The molecule has 0 aromatic heterocycles. The van der Waals surface area contributed by atoms with E-state index >= 15 is 0 Å². The first-order chi connectivity index (χ1) is 6.79. The van der Waals surface area contributed by atoms with E-state index in [9.17, 15) is 0 Å². The lowest BCUT2D eigenvalue weighted by atomic mass is 10.0. The minimum absolute atomic E-state index is 0.364. The van der Waals surface area contributed by atoms with Crippen LogP contribution in [0.5, 0.6) is 5.75 Å². The molecule has 0 spiro atoms. The molecule has 2 nitrogen and oxygen atoms in total. The van der Waals surface area contributed by atoms with E-state index in [-0.39, 0.29) is 0 Å². The summed E-state index contributed by atoms with van der Waals surface area (Å²) >= 11 is 0. The monoisotopic (exact) mass is 193 g/mol. The van der Waals surface area contributed by atoms with Crippen LogP contribution in [0.4, 0.5) is 0 Å². The summed E-state index contributed by atoms with van der Waals surface area (Å²) in [6, 6.07) is 8.12. The summed E-state index contributed by atoms with van der Waals surface area (Å²) in [6.45, 7) is 5.66. The van der Waals surface area contributed by atoms with Crippen LogP contribution in [0.25, 0.3) is 0 Å². The van der Waals surface area contributed by atoms with Crippen LogP contribution >= 0.6 is 0 Å². The predicted molar refractivity (Wildman–Crippen MR) is 59.7 cm³/mol. The zero-order valence-corrected chi connectivity index (χ0v) is 8.99. The Hall–Kier alpha value is -1.02. The van der Waals surface area contributed by atoms with Crippen molar-refractivity contribution in [1.29, 1.82) is 0 Å². The lowest BCUT2D eigenvalue weighted by Gasteiger charge is -2.14. The Morgan fingerprint density at radius 2 is 2.07 bits per heavy atom. The van der Waals surface area contributed by atoms with Crippen molar-refractivity contribution in [3.63, 3.8) is 0 Å². The van der Waals surface area contributed by atoms with Crippen molar-refractivity contribution in [2.75, 3.05) is 13.2 Å². The highest BCUT2D eigenvalue weighted by Crippen LogP contribution is 2.25.